The lowest BCUT2D eigenvalue weighted by molar-refractivity contribution is -0.274. The van der Waals surface area contributed by atoms with Crippen molar-refractivity contribution in [3.05, 3.63) is 173 Å². The number of carbonyl (C=O) groups excluding carboxylic acids is 8. The predicted molar refractivity (Wildman–Crippen MR) is 466 cm³/mol. The Bertz CT molecular complexity index is 4320. The van der Waals surface area contributed by atoms with Crippen LogP contribution in [-0.2, 0) is 24.4 Å². The van der Waals surface area contributed by atoms with Crippen LogP contribution >= 0.6 is 0 Å². The van der Waals surface area contributed by atoms with Crippen molar-refractivity contribution < 1.29 is 69.4 Å². The summed E-state index contributed by atoms with van der Waals surface area (Å²) in [6.45, 7) is 25.0. The molecule has 4 saturated heterocycles. The second-order valence-corrected chi connectivity index (χ2v) is 34.4. The van der Waals surface area contributed by atoms with Crippen LogP contribution in [0.2, 0.25) is 0 Å². The lowest BCUT2D eigenvalue weighted by Gasteiger charge is -2.33. The number of aryl methyl sites for hydroxylation is 5. The molecule has 6 aliphatic rings. The fraction of sp³-hybridized carbons (Fsp3) is 0.511. The molecule has 6 aromatic carbocycles. The van der Waals surface area contributed by atoms with E-state index in [4.69, 9.17) is 4.74 Å². The van der Waals surface area contributed by atoms with Gasteiger partial charge in [-0.05, 0) is 222 Å². The normalized spacial score (nSPS) is 17.6. The molecule has 12 rings (SSSR count). The van der Waals surface area contributed by atoms with Crippen molar-refractivity contribution >= 4 is 86.3 Å². The smallest absolute Gasteiger partial charge is 0.490 e. The zero-order chi connectivity index (χ0) is 86.9. The van der Waals surface area contributed by atoms with Gasteiger partial charge in [0.05, 0.1) is 11.9 Å². The van der Waals surface area contributed by atoms with Crippen molar-refractivity contribution in [2.75, 3.05) is 84.7 Å². The van der Waals surface area contributed by atoms with Crippen LogP contribution in [0.3, 0.4) is 0 Å². The number of hydrogen-bond acceptors (Lipinski definition) is 12. The van der Waals surface area contributed by atoms with Crippen molar-refractivity contribution in [2.45, 2.75) is 221 Å². The summed E-state index contributed by atoms with van der Waals surface area (Å²) in [4.78, 5) is 102. The van der Waals surface area contributed by atoms with Crippen molar-refractivity contribution in [1.82, 2.24) is 45.6 Å². The molecule has 0 unspecified atom stereocenters. The number of ether oxygens (including phenoxy) is 2. The summed E-state index contributed by atoms with van der Waals surface area (Å²) in [6.07, 6.45) is 9.58. The molecule has 30 heteroatoms. The molecular formula is C90H125F3N14O12S. The fourth-order valence-corrected chi connectivity index (χ4v) is 15.8. The summed E-state index contributed by atoms with van der Waals surface area (Å²) in [5.41, 5.74) is 9.38. The Morgan fingerprint density at radius 2 is 0.683 bits per heavy atom. The SMILES string of the molecule is CCCCS(=O)(=O)N1CCC(NC(=O)Nc2ccc(C)cc2)CC1.CC[C@H](C)C(=O)N1CCC(NC(=O)Nc2ccc(C)cc2)CC1.Cc1ccc(NC(=O)NC2CCC(Oc3ccc(C)cc3)CC2)cc1.Cc1ccc(NC(=O)NC2CCN(C(=O)C(C)C)CC2)cc1.O=C(Nc1ccc(OC(F)(F)F)cc1)NC1CCN(C(=O)C2CC2)CC1. The van der Waals surface area contributed by atoms with Gasteiger partial charge in [-0.15, -0.1) is 13.2 Å². The molecule has 2 aliphatic carbocycles. The van der Waals surface area contributed by atoms with Gasteiger partial charge in [0.1, 0.15) is 11.5 Å². The molecule has 0 spiro atoms. The van der Waals surface area contributed by atoms with E-state index in [1.165, 1.54) is 23.3 Å². The van der Waals surface area contributed by atoms with Gasteiger partial charge in [-0.3, -0.25) is 14.4 Å². The van der Waals surface area contributed by atoms with E-state index in [-0.39, 0.29) is 107 Å². The molecular weight excluding hydrogens is 1560 g/mol. The number of amides is 13. The highest BCUT2D eigenvalue weighted by molar-refractivity contribution is 7.89. The zero-order valence-electron chi connectivity index (χ0n) is 71.2. The number of rotatable bonds is 21. The molecule has 1 atom stereocenters. The highest BCUT2D eigenvalue weighted by Crippen LogP contribution is 2.33. The van der Waals surface area contributed by atoms with Crippen LogP contribution in [0.5, 0.6) is 11.5 Å². The minimum Gasteiger partial charge on any atom is -0.490 e. The number of urea groups is 5. The summed E-state index contributed by atoms with van der Waals surface area (Å²) in [6, 6.07) is 43.2. The number of nitrogens with one attached hydrogen (secondary N) is 10. The minimum absolute atomic E-state index is 0.00748. The first-order valence-corrected chi connectivity index (χ1v) is 43.9. The third kappa shape index (κ3) is 34.2. The summed E-state index contributed by atoms with van der Waals surface area (Å²) >= 11 is 0. The largest absolute Gasteiger partial charge is 0.573 e. The molecule has 0 aromatic heterocycles. The molecule has 0 radical (unpaired) electrons. The number of benzene rings is 6. The quantitative estimate of drug-likeness (QED) is 0.0322. The number of sulfonamides is 1. The number of likely N-dealkylation sites (tertiary alicyclic amines) is 3. The number of halogens is 3. The van der Waals surface area contributed by atoms with Gasteiger partial charge in [-0.25, -0.2) is 36.7 Å². The first-order chi connectivity index (χ1) is 57.2. The van der Waals surface area contributed by atoms with Crippen LogP contribution in [0, 0.1) is 52.4 Å². The maximum absolute atomic E-state index is 12.2. The van der Waals surface area contributed by atoms with Crippen LogP contribution in [-0.4, -0.2) is 176 Å². The van der Waals surface area contributed by atoms with E-state index in [0.717, 1.165) is 147 Å². The van der Waals surface area contributed by atoms with Crippen LogP contribution in [0.1, 0.15) is 172 Å². The number of unbranched alkanes of at least 4 members (excludes halogenated alkanes) is 1. The molecule has 120 heavy (non-hydrogen) atoms. The molecule has 2 saturated carbocycles. The molecule has 654 valence electrons. The average molecular weight is 1680 g/mol. The van der Waals surface area contributed by atoms with E-state index >= 15 is 0 Å². The number of hydrogen-bond donors (Lipinski definition) is 10. The van der Waals surface area contributed by atoms with Crippen molar-refractivity contribution in [3.8, 4) is 11.5 Å². The maximum Gasteiger partial charge on any atom is 0.573 e. The Balaban J connectivity index is 0.000000187. The van der Waals surface area contributed by atoms with Crippen molar-refractivity contribution in [2.24, 2.45) is 17.8 Å². The number of anilines is 5. The Kier molecular flexibility index (Phi) is 37.5. The van der Waals surface area contributed by atoms with E-state index in [0.29, 0.717) is 77.1 Å². The van der Waals surface area contributed by atoms with Crippen LogP contribution < -0.4 is 62.6 Å². The standard InChI is InChI=1S/C21H26N2O2.C18H27N3O2.C17H20F3N3O3.C17H27N3O3S.C17H25N3O2/c1-15-3-7-17(8-4-15)22-21(24)23-18-9-13-20(14-10-18)25-19-11-5-16(2)6-12-19;1-4-14(3)17(22)21-11-9-16(10-12-21)20-18(23)19-15-7-5-13(2)6-8-15;18-17(19,20)26-14-5-3-12(4-6-14)21-16(25)22-13-7-9-23(10-8-13)15(24)11-1-2-11;1-3-4-13-24(22,23)20-11-9-16(10-12-20)19-17(21)18-15-7-5-14(2)6-8-15;1-12(2)16(21)20-10-8-15(9-11-20)19-17(22)18-14-6-4-13(3)5-7-14/h3-8,11-12,18,20H,9-10,13-14H2,1-2H3,(H2,22,23,24);5-8,14,16H,4,9-12H2,1-3H3,(H2,19,20,23);3-6,11,13H,1-2,7-10H2,(H2,21,22,25);5-8,16H,3-4,9-13H2,1-2H3,(H2,18,19,21);4-7,12,15H,8-11H2,1-3H3,(H2,18,19,22)/t;14-;;;/m.0.../s1. The van der Waals surface area contributed by atoms with E-state index in [1.807, 2.05) is 186 Å². The summed E-state index contributed by atoms with van der Waals surface area (Å²) in [5, 5.41) is 28.8. The molecule has 26 nitrogen and oxygen atoms in total. The van der Waals surface area contributed by atoms with E-state index in [9.17, 15) is 59.9 Å². The van der Waals surface area contributed by atoms with Crippen LogP contribution in [0.25, 0.3) is 0 Å². The first kappa shape index (κ1) is 94.9. The molecule has 4 heterocycles. The molecule has 13 amide bonds. The van der Waals surface area contributed by atoms with Gasteiger partial charge in [-0.1, -0.05) is 130 Å². The monoisotopic (exact) mass is 1680 g/mol. The van der Waals surface area contributed by atoms with Crippen LogP contribution in [0.15, 0.2) is 146 Å². The second-order valence-electron chi connectivity index (χ2n) is 32.3. The summed E-state index contributed by atoms with van der Waals surface area (Å²) in [7, 11) is -3.15. The van der Waals surface area contributed by atoms with Gasteiger partial charge in [0.2, 0.25) is 27.7 Å². The van der Waals surface area contributed by atoms with Gasteiger partial charge in [0, 0.05) is 129 Å². The Hall–Kier alpha value is -10.6. The van der Waals surface area contributed by atoms with Gasteiger partial charge < -0.3 is 77.3 Å². The van der Waals surface area contributed by atoms with Gasteiger partial charge >= 0.3 is 36.5 Å². The Labute approximate surface area is 706 Å². The van der Waals surface area contributed by atoms with E-state index in [1.54, 1.807) is 4.31 Å². The molecule has 6 fully saturated rings. The number of nitrogens with zero attached hydrogens (tertiary/aromatic N) is 4. The zero-order valence-corrected chi connectivity index (χ0v) is 72.0. The Morgan fingerprint density at radius 1 is 0.392 bits per heavy atom. The number of carbonyl (C=O) groups is 8. The highest BCUT2D eigenvalue weighted by Gasteiger charge is 2.36. The minimum atomic E-state index is -4.75. The number of alkyl halides is 3. The van der Waals surface area contributed by atoms with E-state index < -0.39 is 22.4 Å². The lowest BCUT2D eigenvalue weighted by atomic mass is 9.93. The maximum atomic E-state index is 12.2. The van der Waals surface area contributed by atoms with Gasteiger partial charge in [0.25, 0.3) is 0 Å². The molecule has 6 aromatic rings. The Morgan fingerprint density at radius 3 is 0.992 bits per heavy atom. The summed E-state index contributed by atoms with van der Waals surface area (Å²) in [5.74, 6) is 1.77. The predicted octanol–water partition coefficient (Wildman–Crippen LogP) is 16.6. The topological polar surface area (TPSA) is 322 Å². The molecule has 4 aliphatic heterocycles. The number of piperidine rings is 4. The molecule has 10 N–H and O–H groups in total. The van der Waals surface area contributed by atoms with E-state index in [2.05, 4.69) is 77.0 Å². The second kappa shape index (κ2) is 47.4. The van der Waals surface area contributed by atoms with Gasteiger partial charge in [0.15, 0.2) is 0 Å². The lowest BCUT2D eigenvalue weighted by Crippen LogP contribution is -2.48. The highest BCUT2D eigenvalue weighted by atomic mass is 32.2. The first-order valence-electron chi connectivity index (χ1n) is 42.3. The van der Waals surface area contributed by atoms with Gasteiger partial charge in [-0.2, -0.15) is 0 Å². The fourth-order valence-electron chi connectivity index (χ4n) is 14.1. The third-order valence-electron chi connectivity index (χ3n) is 21.7. The average Bonchev–Trinajstić information content (AvgIpc) is 1.81. The van der Waals surface area contributed by atoms with Crippen molar-refractivity contribution in [1.29, 1.82) is 0 Å². The molecule has 0 bridgehead atoms. The third-order valence-corrected chi connectivity index (χ3v) is 23.7. The summed E-state index contributed by atoms with van der Waals surface area (Å²) < 4.78 is 72.0. The van der Waals surface area contributed by atoms with Crippen molar-refractivity contribution in [3.63, 3.8) is 0 Å². The van der Waals surface area contributed by atoms with Crippen LogP contribution in [0.4, 0.5) is 65.6 Å².